The van der Waals surface area contributed by atoms with E-state index in [9.17, 15) is 22.4 Å². The van der Waals surface area contributed by atoms with E-state index in [0.717, 1.165) is 29.1 Å². The highest BCUT2D eigenvalue weighted by atomic mass is 35.5. The molecule has 1 N–H and O–H groups in total. The van der Waals surface area contributed by atoms with Crippen molar-refractivity contribution in [2.45, 2.75) is 25.1 Å². The van der Waals surface area contributed by atoms with Gasteiger partial charge in [-0.25, -0.2) is 4.39 Å². The third-order valence-electron chi connectivity index (χ3n) is 3.06. The van der Waals surface area contributed by atoms with E-state index in [1.807, 2.05) is 5.32 Å². The molecule has 1 unspecified atom stereocenters. The summed E-state index contributed by atoms with van der Waals surface area (Å²) in [6, 6.07) is 5.09. The fourth-order valence-corrected chi connectivity index (χ4v) is 3.05. The van der Waals surface area contributed by atoms with Crippen molar-refractivity contribution in [3.05, 3.63) is 57.0 Å². The first-order valence-electron chi connectivity index (χ1n) is 6.61. The Kier molecular flexibility index (Phi) is 5.64. The van der Waals surface area contributed by atoms with Crippen molar-refractivity contribution in [2.24, 2.45) is 0 Å². The number of alkyl halides is 3. The Morgan fingerprint density at radius 1 is 1.17 bits per heavy atom. The molecule has 2 rings (SSSR count). The molecule has 2 aromatic rings. The predicted octanol–water partition coefficient (Wildman–Crippen LogP) is 4.89. The number of carbonyl (C=O) groups excluding carboxylic acids is 1. The molecule has 1 amide bonds. The lowest BCUT2D eigenvalue weighted by atomic mass is 10.1. The first-order valence-corrected chi connectivity index (χ1v) is 7.81. The van der Waals surface area contributed by atoms with Gasteiger partial charge in [0.1, 0.15) is 5.82 Å². The number of hydrogen-bond acceptors (Lipinski definition) is 2. The molecule has 1 atom stereocenters. The molecule has 1 aromatic heterocycles. The van der Waals surface area contributed by atoms with Crippen LogP contribution in [0.25, 0.3) is 0 Å². The average Bonchev–Trinajstić information content (AvgIpc) is 2.88. The molecular weight excluding hydrogens is 354 g/mol. The first-order chi connectivity index (χ1) is 10.8. The van der Waals surface area contributed by atoms with Crippen LogP contribution in [0, 0.1) is 5.82 Å². The summed E-state index contributed by atoms with van der Waals surface area (Å²) in [6.45, 7) is 0. The summed E-state index contributed by atoms with van der Waals surface area (Å²) in [5.41, 5.74) is -0.216. The molecule has 124 valence electrons. The van der Waals surface area contributed by atoms with Gasteiger partial charge in [-0.3, -0.25) is 4.79 Å². The number of rotatable bonds is 5. The lowest BCUT2D eigenvalue weighted by molar-refractivity contribution is -0.163. The summed E-state index contributed by atoms with van der Waals surface area (Å²) in [7, 11) is 0. The van der Waals surface area contributed by atoms with Crippen molar-refractivity contribution in [2.75, 3.05) is 0 Å². The monoisotopic (exact) mass is 365 g/mol. The number of aryl methyl sites for hydroxylation is 1. The van der Waals surface area contributed by atoms with E-state index >= 15 is 0 Å². The Labute approximate surface area is 139 Å². The van der Waals surface area contributed by atoms with Gasteiger partial charge in [0.25, 0.3) is 0 Å². The van der Waals surface area contributed by atoms with Gasteiger partial charge in [0.2, 0.25) is 5.91 Å². The molecule has 23 heavy (non-hydrogen) atoms. The Balaban J connectivity index is 2.02. The van der Waals surface area contributed by atoms with Crippen LogP contribution in [0.3, 0.4) is 0 Å². The minimum atomic E-state index is -4.67. The van der Waals surface area contributed by atoms with Crippen molar-refractivity contribution >= 4 is 28.8 Å². The molecule has 0 radical (unpaired) electrons. The van der Waals surface area contributed by atoms with Gasteiger partial charge in [0.05, 0.1) is 4.34 Å². The van der Waals surface area contributed by atoms with E-state index in [1.165, 1.54) is 11.3 Å². The van der Waals surface area contributed by atoms with Gasteiger partial charge in [-0.15, -0.1) is 11.3 Å². The number of nitrogens with one attached hydrogen (secondary N) is 1. The summed E-state index contributed by atoms with van der Waals surface area (Å²) in [5.74, 6) is -1.38. The average molecular weight is 366 g/mol. The molecule has 8 heteroatoms. The lowest BCUT2D eigenvalue weighted by Gasteiger charge is -2.22. The largest absolute Gasteiger partial charge is 0.412 e. The first kappa shape index (κ1) is 17.7. The molecule has 0 saturated carbocycles. The van der Waals surface area contributed by atoms with Crippen molar-refractivity contribution in [1.29, 1.82) is 0 Å². The second-order valence-corrected chi connectivity index (χ2v) is 6.60. The highest BCUT2D eigenvalue weighted by Gasteiger charge is 2.41. The number of benzene rings is 1. The van der Waals surface area contributed by atoms with E-state index in [0.29, 0.717) is 10.8 Å². The van der Waals surface area contributed by atoms with Gasteiger partial charge in [0, 0.05) is 11.3 Å². The quantitative estimate of drug-likeness (QED) is 0.751. The van der Waals surface area contributed by atoms with E-state index < -0.39 is 23.9 Å². The number of carbonyl (C=O) groups is 1. The highest BCUT2D eigenvalue weighted by Crippen LogP contribution is 2.33. The summed E-state index contributed by atoms with van der Waals surface area (Å²) in [5, 5.41) is 1.96. The van der Waals surface area contributed by atoms with E-state index in [1.54, 1.807) is 12.1 Å². The molecular formula is C15H12ClF4NOS. The zero-order chi connectivity index (χ0) is 17.0. The van der Waals surface area contributed by atoms with Crippen molar-refractivity contribution < 1.29 is 22.4 Å². The van der Waals surface area contributed by atoms with Crippen molar-refractivity contribution in [3.8, 4) is 0 Å². The predicted molar refractivity (Wildman–Crippen MR) is 81.0 cm³/mol. The zero-order valence-electron chi connectivity index (χ0n) is 11.7. The summed E-state index contributed by atoms with van der Waals surface area (Å²) < 4.78 is 52.7. The fourth-order valence-electron chi connectivity index (χ4n) is 1.97. The Morgan fingerprint density at radius 3 is 2.35 bits per heavy atom. The molecule has 0 saturated heterocycles. The van der Waals surface area contributed by atoms with E-state index in [4.69, 9.17) is 11.6 Å². The summed E-state index contributed by atoms with van der Waals surface area (Å²) in [6.07, 6.45) is -4.46. The van der Waals surface area contributed by atoms with Gasteiger partial charge in [-0.2, -0.15) is 13.2 Å². The molecule has 1 heterocycles. The molecule has 0 aliphatic rings. The van der Waals surface area contributed by atoms with Gasteiger partial charge in [-0.05, 0) is 36.2 Å². The second kappa shape index (κ2) is 7.31. The molecule has 0 fully saturated rings. The third kappa shape index (κ3) is 5.21. The molecule has 1 aromatic carbocycles. The molecule has 0 aliphatic carbocycles. The van der Waals surface area contributed by atoms with Crippen LogP contribution < -0.4 is 5.32 Å². The van der Waals surface area contributed by atoms with Crippen LogP contribution in [0.4, 0.5) is 17.6 Å². The van der Waals surface area contributed by atoms with Gasteiger partial charge in [0.15, 0.2) is 6.04 Å². The molecule has 0 aliphatic heterocycles. The minimum absolute atomic E-state index is 0.0926. The maximum absolute atomic E-state index is 13.1. The normalized spacial score (nSPS) is 12.9. The van der Waals surface area contributed by atoms with Crippen LogP contribution in [0.15, 0.2) is 36.4 Å². The molecule has 0 spiro atoms. The van der Waals surface area contributed by atoms with Crippen molar-refractivity contribution in [1.82, 2.24) is 5.32 Å². The number of amides is 1. The Morgan fingerprint density at radius 2 is 1.83 bits per heavy atom. The maximum atomic E-state index is 13.1. The van der Waals surface area contributed by atoms with Crippen LogP contribution in [0.1, 0.15) is 22.9 Å². The van der Waals surface area contributed by atoms with E-state index in [-0.39, 0.29) is 12.0 Å². The van der Waals surface area contributed by atoms with Gasteiger partial charge in [-0.1, -0.05) is 23.7 Å². The Hall–Kier alpha value is -1.60. The van der Waals surface area contributed by atoms with Crippen LogP contribution in [-0.2, 0) is 11.2 Å². The van der Waals surface area contributed by atoms with Gasteiger partial charge >= 0.3 is 6.18 Å². The van der Waals surface area contributed by atoms with Crippen LogP contribution in [-0.4, -0.2) is 12.1 Å². The van der Waals surface area contributed by atoms with Crippen molar-refractivity contribution in [3.63, 3.8) is 0 Å². The summed E-state index contributed by atoms with van der Waals surface area (Å²) >= 11 is 7.02. The number of thiophene rings is 1. The second-order valence-electron chi connectivity index (χ2n) is 4.80. The molecule has 0 bridgehead atoms. The Bertz CT molecular complexity index is 669. The number of hydrogen-bond donors (Lipinski definition) is 1. The van der Waals surface area contributed by atoms with E-state index in [2.05, 4.69) is 0 Å². The minimum Gasteiger partial charge on any atom is -0.341 e. The fraction of sp³-hybridized carbons (Fsp3) is 0.267. The van der Waals surface area contributed by atoms with Crippen LogP contribution >= 0.6 is 22.9 Å². The van der Waals surface area contributed by atoms with Crippen LogP contribution in [0.5, 0.6) is 0 Å². The smallest absolute Gasteiger partial charge is 0.341 e. The summed E-state index contributed by atoms with van der Waals surface area (Å²) in [4.78, 5) is 12.6. The standard InChI is InChI=1S/C15H12ClF4NOS/c16-12-7-5-11(23-12)6-8-13(22)21-14(15(18,19)20)9-1-3-10(17)4-2-9/h1-5,7,14H,6,8H2,(H,21,22). The maximum Gasteiger partial charge on any atom is 0.412 e. The number of halogens is 5. The molecule has 2 nitrogen and oxygen atoms in total. The highest BCUT2D eigenvalue weighted by molar-refractivity contribution is 7.16. The SMILES string of the molecule is O=C(CCc1ccc(Cl)s1)NC(c1ccc(F)cc1)C(F)(F)F. The topological polar surface area (TPSA) is 29.1 Å². The zero-order valence-corrected chi connectivity index (χ0v) is 13.2. The van der Waals surface area contributed by atoms with Gasteiger partial charge < -0.3 is 5.32 Å². The lowest BCUT2D eigenvalue weighted by Crippen LogP contribution is -2.38. The third-order valence-corrected chi connectivity index (χ3v) is 4.35. The van der Waals surface area contributed by atoms with Crippen LogP contribution in [0.2, 0.25) is 4.34 Å².